The van der Waals surface area contributed by atoms with Crippen LogP contribution in [0.15, 0.2) is 6.07 Å². The predicted octanol–water partition coefficient (Wildman–Crippen LogP) is 1.90. The fourth-order valence-electron chi connectivity index (χ4n) is 1.51. The number of aliphatic hydroxyl groups excluding tert-OH is 1. The lowest BCUT2D eigenvalue weighted by Gasteiger charge is -2.31. The van der Waals surface area contributed by atoms with Crippen LogP contribution >= 0.6 is 0 Å². The second kappa shape index (κ2) is 5.27. The molecule has 0 aliphatic rings. The molecular weight excluding hydrogens is 228 g/mol. The fourth-order valence-corrected chi connectivity index (χ4v) is 1.51. The zero-order chi connectivity index (χ0) is 13.1. The Balaban J connectivity index is 3.05. The van der Waals surface area contributed by atoms with Gasteiger partial charge in [0.15, 0.2) is 23.3 Å². The predicted molar refractivity (Wildman–Crippen MR) is 62.6 cm³/mol. The molecule has 0 saturated heterocycles. The van der Waals surface area contributed by atoms with E-state index >= 15 is 0 Å². The van der Waals surface area contributed by atoms with Gasteiger partial charge in [-0.15, -0.1) is 0 Å². The number of nitrogens with two attached hydrogens (primary N) is 1. The van der Waals surface area contributed by atoms with Gasteiger partial charge in [0.25, 0.3) is 0 Å². The van der Waals surface area contributed by atoms with Crippen LogP contribution in [0.2, 0.25) is 0 Å². The molecule has 1 aromatic rings. The summed E-state index contributed by atoms with van der Waals surface area (Å²) in [5.41, 5.74) is 4.61. The third-order valence-electron chi connectivity index (χ3n) is 3.00. The van der Waals surface area contributed by atoms with E-state index in [9.17, 15) is 13.9 Å². The van der Waals surface area contributed by atoms with Gasteiger partial charge < -0.3 is 16.2 Å². The molecule has 1 rings (SSSR count). The van der Waals surface area contributed by atoms with Crippen LogP contribution < -0.4 is 11.1 Å². The van der Waals surface area contributed by atoms with Gasteiger partial charge >= 0.3 is 0 Å². The number of hydrogen-bond acceptors (Lipinski definition) is 4. The number of aliphatic hydroxyl groups is 1. The van der Waals surface area contributed by atoms with Gasteiger partial charge in [0, 0.05) is 6.07 Å². The van der Waals surface area contributed by atoms with Gasteiger partial charge in [-0.05, 0) is 12.8 Å². The molecule has 0 atom stereocenters. The summed E-state index contributed by atoms with van der Waals surface area (Å²) in [5, 5.41) is 12.1. The first-order valence-electron chi connectivity index (χ1n) is 5.48. The molecule has 0 aliphatic carbocycles. The normalized spacial score (nSPS) is 11.6. The second-order valence-electron chi connectivity index (χ2n) is 3.96. The van der Waals surface area contributed by atoms with Crippen molar-refractivity contribution in [1.29, 1.82) is 0 Å². The number of nitrogens with zero attached hydrogens (tertiary/aromatic N) is 1. The lowest BCUT2D eigenvalue weighted by molar-refractivity contribution is 0.201. The number of nitrogen functional groups attached to an aromatic ring is 1. The van der Waals surface area contributed by atoms with Crippen LogP contribution in [0.5, 0.6) is 0 Å². The summed E-state index contributed by atoms with van der Waals surface area (Å²) >= 11 is 0. The van der Waals surface area contributed by atoms with Crippen LogP contribution in [-0.2, 0) is 0 Å². The Labute approximate surface area is 98.9 Å². The summed E-state index contributed by atoms with van der Waals surface area (Å²) in [4.78, 5) is 3.61. The lowest BCUT2D eigenvalue weighted by atomic mass is 9.94. The van der Waals surface area contributed by atoms with Crippen LogP contribution in [0, 0.1) is 11.6 Å². The van der Waals surface area contributed by atoms with Gasteiger partial charge in [0.2, 0.25) is 0 Å². The van der Waals surface area contributed by atoms with Crippen LogP contribution in [-0.4, -0.2) is 22.2 Å². The Hall–Kier alpha value is -1.43. The van der Waals surface area contributed by atoms with E-state index in [1.54, 1.807) is 0 Å². The first-order valence-corrected chi connectivity index (χ1v) is 5.48. The number of anilines is 2. The third-order valence-corrected chi connectivity index (χ3v) is 3.00. The lowest BCUT2D eigenvalue weighted by Crippen LogP contribution is -2.41. The molecule has 0 unspecified atom stereocenters. The van der Waals surface area contributed by atoms with Crippen molar-refractivity contribution in [1.82, 2.24) is 4.98 Å². The Morgan fingerprint density at radius 1 is 1.35 bits per heavy atom. The quantitative estimate of drug-likeness (QED) is 0.741. The SMILES string of the molecule is CCC(CC)(CO)Nc1nc(N)c(F)cc1F. The number of hydrogen-bond donors (Lipinski definition) is 3. The molecule has 1 aromatic heterocycles. The summed E-state index contributed by atoms with van der Waals surface area (Å²) in [6, 6.07) is 0.679. The number of halogens is 2. The number of pyridine rings is 1. The van der Waals surface area contributed by atoms with Gasteiger partial charge in [0.1, 0.15) is 0 Å². The van der Waals surface area contributed by atoms with Crippen LogP contribution in [0.3, 0.4) is 0 Å². The van der Waals surface area contributed by atoms with Crippen molar-refractivity contribution in [3.05, 3.63) is 17.7 Å². The molecule has 0 saturated carbocycles. The molecule has 0 fully saturated rings. The molecule has 6 heteroatoms. The number of aromatic nitrogens is 1. The fraction of sp³-hybridized carbons (Fsp3) is 0.545. The van der Waals surface area contributed by atoms with Gasteiger partial charge in [-0.3, -0.25) is 0 Å². The van der Waals surface area contributed by atoms with Gasteiger partial charge in [0.05, 0.1) is 12.1 Å². The van der Waals surface area contributed by atoms with Crippen LogP contribution in [0.4, 0.5) is 20.4 Å². The average molecular weight is 245 g/mol. The Morgan fingerprint density at radius 3 is 2.41 bits per heavy atom. The molecule has 4 N–H and O–H groups in total. The first-order chi connectivity index (χ1) is 7.98. The molecule has 0 aliphatic heterocycles. The maximum Gasteiger partial charge on any atom is 0.168 e. The summed E-state index contributed by atoms with van der Waals surface area (Å²) < 4.78 is 26.4. The number of nitrogens with one attached hydrogen (secondary N) is 1. The summed E-state index contributed by atoms with van der Waals surface area (Å²) in [5.74, 6) is -2.22. The molecule has 17 heavy (non-hydrogen) atoms. The monoisotopic (exact) mass is 245 g/mol. The molecule has 1 heterocycles. The van der Waals surface area contributed by atoms with E-state index in [0.717, 1.165) is 0 Å². The molecule has 0 amide bonds. The highest BCUT2D eigenvalue weighted by molar-refractivity contribution is 5.46. The molecule has 0 bridgehead atoms. The molecule has 96 valence electrons. The van der Waals surface area contributed by atoms with E-state index in [1.807, 2.05) is 13.8 Å². The minimum absolute atomic E-state index is 0.137. The van der Waals surface area contributed by atoms with E-state index in [-0.39, 0.29) is 18.2 Å². The van der Waals surface area contributed by atoms with Crippen molar-refractivity contribution in [2.24, 2.45) is 0 Å². The van der Waals surface area contributed by atoms with Gasteiger partial charge in [-0.1, -0.05) is 13.8 Å². The average Bonchev–Trinajstić information content (AvgIpc) is 2.33. The van der Waals surface area contributed by atoms with E-state index < -0.39 is 17.2 Å². The zero-order valence-electron chi connectivity index (χ0n) is 9.93. The van der Waals surface area contributed by atoms with E-state index in [2.05, 4.69) is 10.3 Å². The molecule has 0 aromatic carbocycles. The zero-order valence-corrected chi connectivity index (χ0v) is 9.93. The van der Waals surface area contributed by atoms with E-state index in [1.165, 1.54) is 0 Å². The topological polar surface area (TPSA) is 71.2 Å². The van der Waals surface area contributed by atoms with Crippen molar-refractivity contribution < 1.29 is 13.9 Å². The maximum atomic E-state index is 13.5. The highest BCUT2D eigenvalue weighted by atomic mass is 19.1. The van der Waals surface area contributed by atoms with Crippen molar-refractivity contribution in [2.45, 2.75) is 32.2 Å². The molecule has 0 spiro atoms. The Bertz CT molecular complexity index is 386. The first kappa shape index (κ1) is 13.6. The van der Waals surface area contributed by atoms with Gasteiger partial charge in [-0.25, -0.2) is 13.8 Å². The number of rotatable bonds is 5. The second-order valence-corrected chi connectivity index (χ2v) is 3.96. The molecule has 4 nitrogen and oxygen atoms in total. The largest absolute Gasteiger partial charge is 0.394 e. The van der Waals surface area contributed by atoms with Gasteiger partial charge in [-0.2, -0.15) is 0 Å². The maximum absolute atomic E-state index is 13.5. The smallest absolute Gasteiger partial charge is 0.168 e. The minimum Gasteiger partial charge on any atom is -0.394 e. The highest BCUT2D eigenvalue weighted by Gasteiger charge is 2.27. The van der Waals surface area contributed by atoms with Crippen molar-refractivity contribution in [2.75, 3.05) is 17.7 Å². The van der Waals surface area contributed by atoms with Crippen LogP contribution in [0.25, 0.3) is 0 Å². The van der Waals surface area contributed by atoms with Crippen molar-refractivity contribution in [3.8, 4) is 0 Å². The highest BCUT2D eigenvalue weighted by Crippen LogP contribution is 2.24. The molecular formula is C11H17F2N3O. The van der Waals surface area contributed by atoms with E-state index in [4.69, 9.17) is 5.73 Å². The Kier molecular flexibility index (Phi) is 4.22. The summed E-state index contributed by atoms with van der Waals surface area (Å²) in [7, 11) is 0. The third kappa shape index (κ3) is 2.82. The minimum atomic E-state index is -0.893. The van der Waals surface area contributed by atoms with Crippen molar-refractivity contribution in [3.63, 3.8) is 0 Å². The summed E-state index contributed by atoms with van der Waals surface area (Å²) in [6.07, 6.45) is 1.16. The summed E-state index contributed by atoms with van der Waals surface area (Å²) in [6.45, 7) is 3.55. The van der Waals surface area contributed by atoms with E-state index in [0.29, 0.717) is 18.9 Å². The standard InChI is InChI=1S/C11H17F2N3O/c1-3-11(4-2,6-17)16-10-8(13)5-7(12)9(14)15-10/h5,17H,3-4,6H2,1-2H3,(H3,14,15,16). The molecule has 0 radical (unpaired) electrons. The van der Waals surface area contributed by atoms with Crippen molar-refractivity contribution >= 4 is 11.6 Å². The van der Waals surface area contributed by atoms with Crippen LogP contribution in [0.1, 0.15) is 26.7 Å². The Morgan fingerprint density at radius 2 is 1.94 bits per heavy atom.